The lowest BCUT2D eigenvalue weighted by atomic mass is 10.0. The molecule has 0 bridgehead atoms. The molecule has 0 unspecified atom stereocenters. The van der Waals surface area contributed by atoms with Crippen molar-refractivity contribution in [1.82, 2.24) is 4.90 Å². The average molecular weight is 292 g/mol. The molecule has 3 heteroatoms. The summed E-state index contributed by atoms with van der Waals surface area (Å²) in [6.45, 7) is 2.04. The lowest BCUT2D eigenvalue weighted by molar-refractivity contribution is 0.248. The minimum atomic E-state index is 0.450. The van der Waals surface area contributed by atoms with E-state index in [1.807, 2.05) is 18.2 Å². The van der Waals surface area contributed by atoms with E-state index >= 15 is 0 Å². The van der Waals surface area contributed by atoms with Crippen molar-refractivity contribution in [2.45, 2.75) is 25.4 Å². The number of nitrogens with zero attached hydrogens (tertiary/aromatic N) is 2. The molecule has 0 spiro atoms. The standard InChI is InChI=1S/C19H20N2O/c1-22-18-5-2-4-17(12-18)19-6-3-11-21(19)14-16-9-7-15(13-20)8-10-16/h2,4-5,7-10,12,19H,3,6,11,14H2,1H3/t19-/m1/s1. The summed E-state index contributed by atoms with van der Waals surface area (Å²) >= 11 is 0. The second kappa shape index (κ2) is 6.64. The van der Waals surface area contributed by atoms with E-state index in [-0.39, 0.29) is 0 Å². The van der Waals surface area contributed by atoms with Crippen LogP contribution in [-0.4, -0.2) is 18.6 Å². The first-order chi connectivity index (χ1) is 10.8. The van der Waals surface area contributed by atoms with Gasteiger partial charge in [0.05, 0.1) is 18.7 Å². The molecule has 3 nitrogen and oxygen atoms in total. The molecule has 1 saturated heterocycles. The van der Waals surface area contributed by atoms with Crippen molar-refractivity contribution in [2.75, 3.05) is 13.7 Å². The monoisotopic (exact) mass is 292 g/mol. The van der Waals surface area contributed by atoms with Crippen LogP contribution in [0.3, 0.4) is 0 Å². The minimum Gasteiger partial charge on any atom is -0.497 e. The number of likely N-dealkylation sites (tertiary alicyclic amines) is 1. The minimum absolute atomic E-state index is 0.450. The molecule has 0 radical (unpaired) electrons. The topological polar surface area (TPSA) is 36.3 Å². The zero-order valence-corrected chi connectivity index (χ0v) is 12.8. The first kappa shape index (κ1) is 14.6. The van der Waals surface area contributed by atoms with Gasteiger partial charge in [-0.25, -0.2) is 0 Å². The van der Waals surface area contributed by atoms with Gasteiger partial charge >= 0.3 is 0 Å². The Balaban J connectivity index is 1.76. The molecule has 22 heavy (non-hydrogen) atoms. The average Bonchev–Trinajstić information content (AvgIpc) is 3.04. The molecule has 3 rings (SSSR count). The Labute approximate surface area is 131 Å². The van der Waals surface area contributed by atoms with Gasteiger partial charge in [-0.2, -0.15) is 5.26 Å². The molecule has 1 atom stereocenters. The third-order valence-corrected chi connectivity index (χ3v) is 4.31. The molecule has 0 N–H and O–H groups in total. The number of hydrogen-bond acceptors (Lipinski definition) is 3. The molecule has 2 aromatic carbocycles. The van der Waals surface area contributed by atoms with Crippen LogP contribution >= 0.6 is 0 Å². The maximum absolute atomic E-state index is 8.88. The van der Waals surface area contributed by atoms with E-state index < -0.39 is 0 Å². The van der Waals surface area contributed by atoms with Crippen molar-refractivity contribution in [3.63, 3.8) is 0 Å². The third kappa shape index (κ3) is 3.13. The zero-order valence-electron chi connectivity index (χ0n) is 12.8. The maximum atomic E-state index is 8.88. The van der Waals surface area contributed by atoms with Gasteiger partial charge in [-0.05, 0) is 54.8 Å². The smallest absolute Gasteiger partial charge is 0.119 e. The van der Waals surface area contributed by atoms with Crippen molar-refractivity contribution < 1.29 is 4.74 Å². The van der Waals surface area contributed by atoms with E-state index in [1.165, 1.54) is 24.0 Å². The molecule has 0 aromatic heterocycles. The number of nitriles is 1. The zero-order chi connectivity index (χ0) is 15.4. The lowest BCUT2D eigenvalue weighted by Gasteiger charge is -2.25. The van der Waals surface area contributed by atoms with Crippen molar-refractivity contribution >= 4 is 0 Å². The molecule has 0 aliphatic carbocycles. The second-order valence-electron chi connectivity index (χ2n) is 5.71. The van der Waals surface area contributed by atoms with Gasteiger partial charge in [-0.3, -0.25) is 4.90 Å². The summed E-state index contributed by atoms with van der Waals surface area (Å²) in [7, 11) is 1.71. The molecular weight excluding hydrogens is 272 g/mol. The SMILES string of the molecule is COc1cccc([C@H]2CCCN2Cc2ccc(C#N)cc2)c1. The van der Waals surface area contributed by atoms with Gasteiger partial charge in [0.1, 0.15) is 5.75 Å². The highest BCUT2D eigenvalue weighted by molar-refractivity contribution is 5.33. The van der Waals surface area contributed by atoms with Crippen molar-refractivity contribution in [3.05, 3.63) is 65.2 Å². The largest absolute Gasteiger partial charge is 0.497 e. The molecule has 112 valence electrons. The fraction of sp³-hybridized carbons (Fsp3) is 0.316. The first-order valence-electron chi connectivity index (χ1n) is 7.67. The van der Waals surface area contributed by atoms with Crippen LogP contribution in [-0.2, 0) is 6.54 Å². The van der Waals surface area contributed by atoms with Crippen LogP contribution in [0, 0.1) is 11.3 Å². The number of ether oxygens (including phenoxy) is 1. The summed E-state index contributed by atoms with van der Waals surface area (Å²) in [5.41, 5.74) is 3.30. The fourth-order valence-corrected chi connectivity index (χ4v) is 3.16. The number of benzene rings is 2. The molecule has 1 aliphatic heterocycles. The Morgan fingerprint density at radius 1 is 1.23 bits per heavy atom. The van der Waals surface area contributed by atoms with E-state index in [0.717, 1.165) is 24.4 Å². The normalized spacial score (nSPS) is 18.1. The Kier molecular flexibility index (Phi) is 4.41. The Morgan fingerprint density at radius 3 is 2.77 bits per heavy atom. The van der Waals surface area contributed by atoms with Gasteiger partial charge in [0.25, 0.3) is 0 Å². The fourth-order valence-electron chi connectivity index (χ4n) is 3.16. The van der Waals surface area contributed by atoms with Crippen LogP contribution in [0.1, 0.15) is 35.6 Å². The Bertz CT molecular complexity index is 673. The van der Waals surface area contributed by atoms with Crippen LogP contribution in [0.5, 0.6) is 5.75 Å². The number of methoxy groups -OCH3 is 1. The first-order valence-corrected chi connectivity index (χ1v) is 7.67. The summed E-state index contributed by atoms with van der Waals surface area (Å²) in [4.78, 5) is 2.51. The van der Waals surface area contributed by atoms with Crippen LogP contribution in [0.15, 0.2) is 48.5 Å². The van der Waals surface area contributed by atoms with Gasteiger partial charge in [-0.15, -0.1) is 0 Å². The summed E-state index contributed by atoms with van der Waals surface area (Å²) in [6, 6.07) is 18.9. The second-order valence-corrected chi connectivity index (χ2v) is 5.71. The molecule has 1 heterocycles. The number of rotatable bonds is 4. The summed E-state index contributed by atoms with van der Waals surface area (Å²) in [5.74, 6) is 0.919. The molecule has 0 amide bonds. The predicted octanol–water partition coefficient (Wildman–Crippen LogP) is 3.90. The van der Waals surface area contributed by atoms with Gasteiger partial charge < -0.3 is 4.74 Å². The van der Waals surface area contributed by atoms with Crippen LogP contribution in [0.25, 0.3) is 0 Å². The van der Waals surface area contributed by atoms with Crippen LogP contribution < -0.4 is 4.74 Å². The summed E-state index contributed by atoms with van der Waals surface area (Å²) in [6.07, 6.45) is 2.40. The highest BCUT2D eigenvalue weighted by Gasteiger charge is 2.26. The van der Waals surface area contributed by atoms with Crippen molar-refractivity contribution in [2.24, 2.45) is 0 Å². The lowest BCUT2D eigenvalue weighted by Crippen LogP contribution is -2.22. The predicted molar refractivity (Wildman–Crippen MR) is 86.5 cm³/mol. The highest BCUT2D eigenvalue weighted by atomic mass is 16.5. The van der Waals surface area contributed by atoms with E-state index in [0.29, 0.717) is 6.04 Å². The van der Waals surface area contributed by atoms with Crippen LogP contribution in [0.2, 0.25) is 0 Å². The van der Waals surface area contributed by atoms with Gasteiger partial charge in [0.2, 0.25) is 0 Å². The van der Waals surface area contributed by atoms with Crippen LogP contribution in [0.4, 0.5) is 0 Å². The van der Waals surface area contributed by atoms with E-state index in [1.54, 1.807) is 7.11 Å². The van der Waals surface area contributed by atoms with E-state index in [4.69, 9.17) is 10.00 Å². The van der Waals surface area contributed by atoms with Crippen molar-refractivity contribution in [3.8, 4) is 11.8 Å². The van der Waals surface area contributed by atoms with Gasteiger partial charge in [0, 0.05) is 12.6 Å². The quantitative estimate of drug-likeness (QED) is 0.857. The van der Waals surface area contributed by atoms with Crippen molar-refractivity contribution in [1.29, 1.82) is 5.26 Å². The highest BCUT2D eigenvalue weighted by Crippen LogP contribution is 2.34. The van der Waals surface area contributed by atoms with Gasteiger partial charge in [-0.1, -0.05) is 24.3 Å². The molecular formula is C19H20N2O. The third-order valence-electron chi connectivity index (χ3n) is 4.31. The molecule has 0 saturated carbocycles. The van der Waals surface area contributed by atoms with Gasteiger partial charge in [0.15, 0.2) is 0 Å². The molecule has 2 aromatic rings. The summed E-state index contributed by atoms with van der Waals surface area (Å²) in [5, 5.41) is 8.88. The Hall–Kier alpha value is -2.31. The van der Waals surface area contributed by atoms with E-state index in [9.17, 15) is 0 Å². The van der Waals surface area contributed by atoms with E-state index in [2.05, 4.69) is 41.3 Å². The molecule has 1 fully saturated rings. The Morgan fingerprint density at radius 2 is 2.05 bits per heavy atom. The number of hydrogen-bond donors (Lipinski definition) is 0. The summed E-state index contributed by atoms with van der Waals surface area (Å²) < 4.78 is 5.34. The maximum Gasteiger partial charge on any atom is 0.119 e. The molecule has 1 aliphatic rings.